The van der Waals surface area contributed by atoms with Crippen LogP contribution in [0, 0.1) is 17.8 Å². The topological polar surface area (TPSA) is 48.5 Å². The molecule has 1 amide bonds. The molecule has 4 rings (SSSR count). The van der Waals surface area contributed by atoms with Crippen LogP contribution in [0.25, 0.3) is 0 Å². The first-order chi connectivity index (χ1) is 16.8. The van der Waals surface area contributed by atoms with E-state index in [-0.39, 0.29) is 17.7 Å². The number of pyridine rings is 1. The maximum Gasteiger partial charge on any atom is 0.417 e. The highest BCUT2D eigenvalue weighted by Crippen LogP contribution is 2.31. The summed E-state index contributed by atoms with van der Waals surface area (Å²) in [5, 5.41) is 3.15. The molecule has 1 N–H and O–H groups in total. The second-order valence-corrected chi connectivity index (χ2v) is 10.0. The highest BCUT2D eigenvalue weighted by Gasteiger charge is 2.33. The summed E-state index contributed by atoms with van der Waals surface area (Å²) in [6.45, 7) is 7.15. The number of likely N-dealkylation sites (tertiary alicyclic amines) is 1. The first-order valence-corrected chi connectivity index (χ1v) is 12.6. The van der Waals surface area contributed by atoms with Crippen LogP contribution in [0.1, 0.15) is 43.7 Å². The summed E-state index contributed by atoms with van der Waals surface area (Å²) in [4.78, 5) is 21.3. The Morgan fingerprint density at radius 1 is 1.06 bits per heavy atom. The van der Waals surface area contributed by atoms with Gasteiger partial charge in [0.1, 0.15) is 5.82 Å². The molecule has 0 radical (unpaired) electrons. The minimum absolute atomic E-state index is 0.0755. The van der Waals surface area contributed by atoms with E-state index in [0.29, 0.717) is 37.8 Å². The van der Waals surface area contributed by atoms with Crippen LogP contribution >= 0.6 is 0 Å². The Morgan fingerprint density at radius 2 is 1.80 bits per heavy atom. The number of anilines is 1. The van der Waals surface area contributed by atoms with Gasteiger partial charge in [0, 0.05) is 38.3 Å². The number of carbonyl (C=O) groups excluding carboxylic acids is 1. The van der Waals surface area contributed by atoms with E-state index in [9.17, 15) is 18.0 Å². The van der Waals surface area contributed by atoms with E-state index in [4.69, 9.17) is 0 Å². The van der Waals surface area contributed by atoms with Gasteiger partial charge in [0.05, 0.1) is 5.56 Å². The zero-order valence-corrected chi connectivity index (χ0v) is 20.3. The molecule has 2 aliphatic heterocycles. The Bertz CT molecular complexity index is 943. The third-order valence-corrected chi connectivity index (χ3v) is 7.45. The summed E-state index contributed by atoms with van der Waals surface area (Å²) in [5.41, 5.74) is 0.609. The molecule has 0 spiro atoms. The first kappa shape index (κ1) is 25.5. The average molecular weight is 489 g/mol. The van der Waals surface area contributed by atoms with Crippen molar-refractivity contribution in [2.24, 2.45) is 17.8 Å². The zero-order chi connectivity index (χ0) is 24.8. The number of nitrogens with zero attached hydrogens (tertiary/aromatic N) is 3. The number of hydrogen-bond acceptors (Lipinski definition) is 4. The van der Waals surface area contributed by atoms with Crippen molar-refractivity contribution in [3.05, 3.63) is 59.8 Å². The lowest BCUT2D eigenvalue weighted by Gasteiger charge is -2.37. The van der Waals surface area contributed by atoms with Crippen LogP contribution in [0.3, 0.4) is 0 Å². The lowest BCUT2D eigenvalue weighted by atomic mass is 9.86. The lowest BCUT2D eigenvalue weighted by Crippen LogP contribution is -2.46. The molecule has 2 atom stereocenters. The molecule has 1 aromatic carbocycles. The van der Waals surface area contributed by atoms with Crippen molar-refractivity contribution in [1.82, 2.24) is 15.2 Å². The fraction of sp³-hybridized carbons (Fsp3) is 0.556. The SMILES string of the molecule is C[C@H]1CN(c2ccc(C(F)(F)F)cn2)CCC1C(=O)NCCC1CCN(Cc2ccccc2)CC1. The fourth-order valence-corrected chi connectivity index (χ4v) is 5.29. The smallest absolute Gasteiger partial charge is 0.356 e. The van der Waals surface area contributed by atoms with E-state index >= 15 is 0 Å². The number of piperidine rings is 2. The number of nitrogens with one attached hydrogen (secondary N) is 1. The Balaban J connectivity index is 1.16. The normalized spacial score (nSPS) is 22.2. The number of halogens is 3. The molecular formula is C27H35F3N4O. The van der Waals surface area contributed by atoms with Gasteiger partial charge in [-0.2, -0.15) is 13.2 Å². The van der Waals surface area contributed by atoms with Crippen LogP contribution in [-0.2, 0) is 17.5 Å². The molecule has 0 saturated carbocycles. The monoisotopic (exact) mass is 488 g/mol. The van der Waals surface area contributed by atoms with Crippen LogP contribution in [0.5, 0.6) is 0 Å². The van der Waals surface area contributed by atoms with Crippen LogP contribution in [0.2, 0.25) is 0 Å². The molecule has 2 aliphatic rings. The van der Waals surface area contributed by atoms with Gasteiger partial charge in [-0.3, -0.25) is 9.69 Å². The van der Waals surface area contributed by atoms with E-state index in [1.807, 2.05) is 17.9 Å². The fourth-order valence-electron chi connectivity index (χ4n) is 5.29. The maximum atomic E-state index is 12.8. The summed E-state index contributed by atoms with van der Waals surface area (Å²) in [5.74, 6) is 1.30. The van der Waals surface area contributed by atoms with Gasteiger partial charge in [-0.25, -0.2) is 4.98 Å². The van der Waals surface area contributed by atoms with Gasteiger partial charge in [-0.15, -0.1) is 0 Å². The molecular weight excluding hydrogens is 453 g/mol. The van der Waals surface area contributed by atoms with Crippen molar-refractivity contribution in [2.45, 2.75) is 45.3 Å². The van der Waals surface area contributed by atoms with Crippen LogP contribution in [0.15, 0.2) is 48.7 Å². The summed E-state index contributed by atoms with van der Waals surface area (Å²) in [6.07, 6.45) is 0.504. The predicted molar refractivity (Wildman–Crippen MR) is 131 cm³/mol. The number of amides is 1. The van der Waals surface area contributed by atoms with E-state index in [1.54, 1.807) is 0 Å². The largest absolute Gasteiger partial charge is 0.417 e. The quantitative estimate of drug-likeness (QED) is 0.597. The molecule has 1 aromatic heterocycles. The van der Waals surface area contributed by atoms with Crippen LogP contribution < -0.4 is 10.2 Å². The zero-order valence-electron chi connectivity index (χ0n) is 20.3. The van der Waals surface area contributed by atoms with Crippen molar-refractivity contribution in [3.8, 4) is 0 Å². The number of hydrogen-bond donors (Lipinski definition) is 1. The third kappa shape index (κ3) is 6.97. The highest BCUT2D eigenvalue weighted by molar-refractivity contribution is 5.79. The standard InChI is InChI=1S/C27H35F3N4O/c1-20-18-34(25-8-7-23(17-32-25)27(28,29)30)16-12-24(20)26(35)31-13-9-21-10-14-33(15-11-21)19-22-5-3-2-4-6-22/h2-8,17,20-21,24H,9-16,18-19H2,1H3,(H,31,35)/t20-,24?/m0/s1. The van der Waals surface area contributed by atoms with E-state index < -0.39 is 11.7 Å². The van der Waals surface area contributed by atoms with Crippen molar-refractivity contribution < 1.29 is 18.0 Å². The molecule has 8 heteroatoms. The highest BCUT2D eigenvalue weighted by atomic mass is 19.4. The number of carbonyl (C=O) groups is 1. The Labute approximate surface area is 205 Å². The van der Waals surface area contributed by atoms with Crippen molar-refractivity contribution in [3.63, 3.8) is 0 Å². The molecule has 35 heavy (non-hydrogen) atoms. The molecule has 0 bridgehead atoms. The number of aromatic nitrogens is 1. The van der Waals surface area contributed by atoms with Gasteiger partial charge in [0.2, 0.25) is 5.91 Å². The van der Waals surface area contributed by atoms with E-state index in [0.717, 1.165) is 51.2 Å². The van der Waals surface area contributed by atoms with Gasteiger partial charge >= 0.3 is 6.18 Å². The van der Waals surface area contributed by atoms with Gasteiger partial charge in [-0.05, 0) is 68.3 Å². The van der Waals surface area contributed by atoms with Gasteiger partial charge in [0.15, 0.2) is 0 Å². The third-order valence-electron chi connectivity index (χ3n) is 7.45. The maximum absolute atomic E-state index is 12.8. The molecule has 2 fully saturated rings. The number of alkyl halides is 3. The second-order valence-electron chi connectivity index (χ2n) is 10.0. The summed E-state index contributed by atoms with van der Waals surface area (Å²) in [7, 11) is 0. The number of benzene rings is 1. The molecule has 2 saturated heterocycles. The van der Waals surface area contributed by atoms with Crippen molar-refractivity contribution in [2.75, 3.05) is 37.6 Å². The van der Waals surface area contributed by atoms with Crippen molar-refractivity contribution >= 4 is 11.7 Å². The van der Waals surface area contributed by atoms with Gasteiger partial charge in [0.25, 0.3) is 0 Å². The Morgan fingerprint density at radius 3 is 2.43 bits per heavy atom. The second kappa shape index (κ2) is 11.4. The first-order valence-electron chi connectivity index (χ1n) is 12.6. The molecule has 1 unspecified atom stereocenters. The van der Waals surface area contributed by atoms with E-state index in [2.05, 4.69) is 39.5 Å². The Hall–Kier alpha value is -2.61. The van der Waals surface area contributed by atoms with Crippen LogP contribution in [-0.4, -0.2) is 48.5 Å². The lowest BCUT2D eigenvalue weighted by molar-refractivity contribution is -0.137. The minimum Gasteiger partial charge on any atom is -0.356 e. The predicted octanol–water partition coefficient (Wildman–Crippen LogP) is 4.98. The summed E-state index contributed by atoms with van der Waals surface area (Å²) >= 11 is 0. The Kier molecular flexibility index (Phi) is 8.31. The van der Waals surface area contributed by atoms with Gasteiger partial charge < -0.3 is 10.2 Å². The van der Waals surface area contributed by atoms with Crippen molar-refractivity contribution in [1.29, 1.82) is 0 Å². The van der Waals surface area contributed by atoms with E-state index in [1.165, 1.54) is 11.6 Å². The summed E-state index contributed by atoms with van der Waals surface area (Å²) in [6, 6.07) is 13.0. The summed E-state index contributed by atoms with van der Waals surface area (Å²) < 4.78 is 38.3. The molecule has 3 heterocycles. The molecule has 0 aliphatic carbocycles. The molecule has 5 nitrogen and oxygen atoms in total. The molecule has 190 valence electrons. The molecule has 2 aromatic rings. The number of rotatable bonds is 7. The van der Waals surface area contributed by atoms with Gasteiger partial charge in [-0.1, -0.05) is 37.3 Å². The average Bonchev–Trinajstić information content (AvgIpc) is 2.85. The van der Waals surface area contributed by atoms with Crippen LogP contribution in [0.4, 0.5) is 19.0 Å². The minimum atomic E-state index is -4.39.